The highest BCUT2D eigenvalue weighted by Crippen LogP contribution is 2.04. The van der Waals surface area contributed by atoms with Gasteiger partial charge in [-0.25, -0.2) is 8.78 Å². The van der Waals surface area contributed by atoms with Crippen LogP contribution in [0.5, 0.6) is 0 Å². The van der Waals surface area contributed by atoms with Crippen LogP contribution in [0.3, 0.4) is 0 Å². The molecule has 0 amide bonds. The van der Waals surface area contributed by atoms with Gasteiger partial charge >= 0.3 is 0 Å². The zero-order chi connectivity index (χ0) is 6.73. The van der Waals surface area contributed by atoms with Crippen LogP contribution in [0.1, 0.15) is 6.92 Å². The van der Waals surface area contributed by atoms with Crippen LogP contribution >= 0.6 is 0 Å². The monoisotopic (exact) mass is 142 g/mol. The third kappa shape index (κ3) is 2.35. The molecule has 50 valence electrons. The summed E-state index contributed by atoms with van der Waals surface area (Å²) in [6, 6.07) is 0. The quantitative estimate of drug-likeness (QED) is 0.562. The predicted octanol–water partition coefficient (Wildman–Crippen LogP) is 1.02. The third-order valence-corrected chi connectivity index (χ3v) is 1.69. The first-order valence-electron chi connectivity index (χ1n) is 2.16. The molecule has 0 bridgehead atoms. The number of rotatable bonds is 2. The van der Waals surface area contributed by atoms with E-state index in [9.17, 15) is 13.0 Å². The van der Waals surface area contributed by atoms with Crippen LogP contribution in [-0.4, -0.2) is 22.1 Å². The average Bonchev–Trinajstić information content (AvgIpc) is 1.64. The summed E-state index contributed by atoms with van der Waals surface area (Å²) in [7, 11) is -1.68. The Morgan fingerprint density at radius 3 is 1.88 bits per heavy atom. The van der Waals surface area contributed by atoms with Crippen LogP contribution in [0.2, 0.25) is 0 Å². The van der Waals surface area contributed by atoms with Crippen molar-refractivity contribution >= 4 is 10.8 Å². The lowest BCUT2D eigenvalue weighted by atomic mass is 10.5. The van der Waals surface area contributed by atoms with E-state index in [1.807, 2.05) is 0 Å². The maximum Gasteiger partial charge on any atom is 0.205 e. The fraction of sp³-hybridized carbons (Fsp3) is 1.00. The van der Waals surface area contributed by atoms with Gasteiger partial charge in [-0.15, -0.1) is 0 Å². The van der Waals surface area contributed by atoms with E-state index in [4.69, 9.17) is 0 Å². The fourth-order valence-electron chi connectivity index (χ4n) is 0.264. The highest BCUT2D eigenvalue weighted by Gasteiger charge is 2.18. The van der Waals surface area contributed by atoms with Crippen LogP contribution in [-0.2, 0) is 10.8 Å². The molecular weight excluding hydrogens is 134 g/mol. The third-order valence-electron chi connectivity index (χ3n) is 0.678. The molecule has 0 aromatic carbocycles. The molecule has 0 radical (unpaired) electrons. The second-order valence-electron chi connectivity index (χ2n) is 1.53. The Hall–Kier alpha value is 0.01000. The molecule has 0 rings (SSSR count). The number of halogens is 2. The van der Waals surface area contributed by atoms with Gasteiger partial charge in [-0.05, 0) is 6.92 Å². The normalized spacial score (nSPS) is 22.0. The summed E-state index contributed by atoms with van der Waals surface area (Å²) < 4.78 is 33.8. The molecule has 4 heteroatoms. The summed E-state index contributed by atoms with van der Waals surface area (Å²) in [6.45, 7) is 1.05. The lowest BCUT2D eigenvalue weighted by molar-refractivity contribution is 0.250. The van der Waals surface area contributed by atoms with Gasteiger partial charge in [0.2, 0.25) is 5.50 Å². The van der Waals surface area contributed by atoms with E-state index in [1.54, 1.807) is 0 Å². The number of hydrogen-bond donors (Lipinski definition) is 0. The van der Waals surface area contributed by atoms with Crippen molar-refractivity contribution in [3.05, 3.63) is 0 Å². The van der Waals surface area contributed by atoms with Gasteiger partial charge in [-0.3, -0.25) is 4.21 Å². The van der Waals surface area contributed by atoms with Gasteiger partial charge in [0, 0.05) is 6.26 Å². The van der Waals surface area contributed by atoms with E-state index in [0.717, 1.165) is 13.2 Å². The minimum Gasteiger partial charge on any atom is -0.257 e. The molecular formula is C4H8F2OS. The largest absolute Gasteiger partial charge is 0.257 e. The van der Waals surface area contributed by atoms with Gasteiger partial charge in [0.05, 0.1) is 10.8 Å². The minimum atomic E-state index is -1.82. The van der Waals surface area contributed by atoms with Crippen LogP contribution in [0.4, 0.5) is 8.78 Å². The fourth-order valence-corrected chi connectivity index (χ4v) is 0.792. The van der Waals surface area contributed by atoms with Gasteiger partial charge in [-0.2, -0.15) is 0 Å². The van der Waals surface area contributed by atoms with Crippen LogP contribution in [0.25, 0.3) is 0 Å². The summed E-state index contributed by atoms with van der Waals surface area (Å²) in [6.07, 6.45) is -0.485. The molecule has 3 unspecified atom stereocenters. The summed E-state index contributed by atoms with van der Waals surface area (Å²) in [5.74, 6) is 0. The second-order valence-corrected chi connectivity index (χ2v) is 2.97. The first kappa shape index (κ1) is 8.01. The Labute approximate surface area is 49.5 Å². The van der Waals surface area contributed by atoms with Gasteiger partial charge in [-0.1, -0.05) is 0 Å². The first-order chi connectivity index (χ1) is 3.55. The molecule has 3 atom stereocenters. The molecule has 0 saturated heterocycles. The maximum atomic E-state index is 12.0. The molecule has 0 N–H and O–H groups in total. The lowest BCUT2D eigenvalue weighted by Gasteiger charge is -2.02. The Morgan fingerprint density at radius 1 is 1.50 bits per heavy atom. The van der Waals surface area contributed by atoms with E-state index in [2.05, 4.69) is 0 Å². The summed E-state index contributed by atoms with van der Waals surface area (Å²) in [4.78, 5) is 0. The number of alkyl halides is 2. The molecule has 0 aromatic rings. The smallest absolute Gasteiger partial charge is 0.205 e. The zero-order valence-corrected chi connectivity index (χ0v) is 5.54. The zero-order valence-electron chi connectivity index (χ0n) is 4.73. The van der Waals surface area contributed by atoms with Crippen LogP contribution in [0.15, 0.2) is 0 Å². The lowest BCUT2D eigenvalue weighted by Crippen LogP contribution is -2.17. The summed E-state index contributed by atoms with van der Waals surface area (Å²) in [5, 5.41) is 0. The Morgan fingerprint density at radius 2 is 1.88 bits per heavy atom. The van der Waals surface area contributed by atoms with Crippen molar-refractivity contribution < 1.29 is 13.0 Å². The molecule has 0 heterocycles. The average molecular weight is 142 g/mol. The molecule has 0 spiro atoms. The van der Waals surface area contributed by atoms with E-state index < -0.39 is 22.5 Å². The highest BCUT2D eigenvalue weighted by atomic mass is 32.2. The van der Waals surface area contributed by atoms with Crippen molar-refractivity contribution in [3.8, 4) is 0 Å². The molecule has 0 aromatic heterocycles. The Balaban J connectivity index is 3.64. The van der Waals surface area contributed by atoms with Crippen molar-refractivity contribution in [1.29, 1.82) is 0 Å². The van der Waals surface area contributed by atoms with Crippen LogP contribution in [0, 0.1) is 0 Å². The van der Waals surface area contributed by atoms with Gasteiger partial charge < -0.3 is 0 Å². The van der Waals surface area contributed by atoms with Gasteiger partial charge in [0.1, 0.15) is 6.17 Å². The molecule has 0 aliphatic rings. The van der Waals surface area contributed by atoms with Crippen molar-refractivity contribution in [1.82, 2.24) is 0 Å². The molecule has 0 fully saturated rings. The van der Waals surface area contributed by atoms with Crippen molar-refractivity contribution in [2.45, 2.75) is 18.6 Å². The highest BCUT2D eigenvalue weighted by molar-refractivity contribution is 7.84. The Bertz CT molecular complexity index is 94.0. The van der Waals surface area contributed by atoms with Gasteiger partial charge in [0.15, 0.2) is 0 Å². The molecule has 0 aliphatic carbocycles. The van der Waals surface area contributed by atoms with E-state index in [1.165, 1.54) is 0 Å². The summed E-state index contributed by atoms with van der Waals surface area (Å²) >= 11 is 0. The van der Waals surface area contributed by atoms with Crippen LogP contribution < -0.4 is 0 Å². The molecule has 0 aliphatic heterocycles. The Kier molecular flexibility index (Phi) is 3.12. The predicted molar refractivity (Wildman–Crippen MR) is 29.5 cm³/mol. The van der Waals surface area contributed by atoms with Crippen molar-refractivity contribution in [2.24, 2.45) is 0 Å². The molecule has 0 saturated carbocycles. The van der Waals surface area contributed by atoms with Crippen molar-refractivity contribution in [2.75, 3.05) is 6.26 Å². The SMILES string of the molecule is CC(F)C(F)S(C)=O. The maximum absolute atomic E-state index is 12.0. The van der Waals surface area contributed by atoms with Crippen molar-refractivity contribution in [3.63, 3.8) is 0 Å². The molecule has 1 nitrogen and oxygen atoms in total. The standard InChI is InChI=1S/C4H8F2OS/c1-3(5)4(6)8(2)7/h3-4H,1-2H3. The van der Waals surface area contributed by atoms with Gasteiger partial charge in [0.25, 0.3) is 0 Å². The second kappa shape index (κ2) is 3.12. The first-order valence-corrected chi connectivity index (χ1v) is 3.78. The minimum absolute atomic E-state index is 1.05. The van der Waals surface area contributed by atoms with E-state index in [-0.39, 0.29) is 0 Å². The van der Waals surface area contributed by atoms with E-state index in [0.29, 0.717) is 0 Å². The number of hydrogen-bond acceptors (Lipinski definition) is 1. The molecule has 8 heavy (non-hydrogen) atoms. The topological polar surface area (TPSA) is 17.1 Å². The summed E-state index contributed by atoms with van der Waals surface area (Å²) in [5.41, 5.74) is -1.82. The van der Waals surface area contributed by atoms with E-state index >= 15 is 0 Å².